The van der Waals surface area contributed by atoms with Gasteiger partial charge in [0, 0.05) is 25.2 Å². The van der Waals surface area contributed by atoms with Crippen molar-refractivity contribution in [2.24, 2.45) is 0 Å². The summed E-state index contributed by atoms with van der Waals surface area (Å²) in [5.41, 5.74) is 1.39. The smallest absolute Gasteiger partial charge is 0.119 e. The number of benzene rings is 1. The van der Waals surface area contributed by atoms with Crippen LogP contribution in [0.4, 0.5) is 0 Å². The molecule has 0 aromatic heterocycles. The van der Waals surface area contributed by atoms with Gasteiger partial charge in [0.05, 0.1) is 6.61 Å². The summed E-state index contributed by atoms with van der Waals surface area (Å²) in [4.78, 5) is 2.67. The topological polar surface area (TPSA) is 24.5 Å². The lowest BCUT2D eigenvalue weighted by Gasteiger charge is -2.38. The molecule has 0 amide bonds. The van der Waals surface area contributed by atoms with Crippen molar-refractivity contribution in [1.82, 2.24) is 10.2 Å². The molecule has 2 heterocycles. The monoisotopic (exact) mass is 246 g/mol. The fraction of sp³-hybridized carbons (Fsp3) is 0.600. The Morgan fingerprint density at radius 2 is 2.33 bits per heavy atom. The van der Waals surface area contributed by atoms with E-state index in [-0.39, 0.29) is 0 Å². The number of piperazine rings is 1. The minimum atomic E-state index is 0.520. The van der Waals surface area contributed by atoms with Crippen molar-refractivity contribution in [3.8, 4) is 5.75 Å². The van der Waals surface area contributed by atoms with Gasteiger partial charge in [-0.05, 0) is 44.0 Å². The maximum atomic E-state index is 5.61. The second kappa shape index (κ2) is 5.29. The highest BCUT2D eigenvalue weighted by Crippen LogP contribution is 2.32. The number of hydrogen-bond acceptors (Lipinski definition) is 3. The van der Waals surface area contributed by atoms with E-state index in [1.54, 1.807) is 0 Å². The Labute approximate surface area is 109 Å². The zero-order chi connectivity index (χ0) is 12.4. The van der Waals surface area contributed by atoms with E-state index in [0.29, 0.717) is 6.04 Å². The summed E-state index contributed by atoms with van der Waals surface area (Å²) >= 11 is 0. The van der Waals surface area contributed by atoms with Crippen LogP contribution in [0.1, 0.15) is 31.4 Å². The first kappa shape index (κ1) is 12.0. The van der Waals surface area contributed by atoms with Crippen molar-refractivity contribution in [2.75, 3.05) is 26.2 Å². The normalized spacial score (nSPS) is 28.1. The number of hydrogen-bond donors (Lipinski definition) is 1. The summed E-state index contributed by atoms with van der Waals surface area (Å²) in [7, 11) is 0. The highest BCUT2D eigenvalue weighted by atomic mass is 16.5. The van der Waals surface area contributed by atoms with Crippen LogP contribution in [0, 0.1) is 0 Å². The Balaban J connectivity index is 1.82. The average Bonchev–Trinajstić information content (AvgIpc) is 2.87. The molecular formula is C15H22N2O. The van der Waals surface area contributed by atoms with Crippen LogP contribution in [0.25, 0.3) is 0 Å². The molecule has 2 saturated heterocycles. The lowest BCUT2D eigenvalue weighted by molar-refractivity contribution is 0.138. The molecule has 3 heteroatoms. The molecule has 0 bridgehead atoms. The molecule has 2 aliphatic heterocycles. The van der Waals surface area contributed by atoms with Gasteiger partial charge in [0.1, 0.15) is 5.75 Å². The second-order valence-corrected chi connectivity index (χ2v) is 5.21. The molecule has 0 saturated carbocycles. The molecule has 2 unspecified atom stereocenters. The molecular weight excluding hydrogens is 224 g/mol. The molecule has 0 radical (unpaired) electrons. The summed E-state index contributed by atoms with van der Waals surface area (Å²) in [5, 5.41) is 3.57. The molecule has 0 aliphatic carbocycles. The number of nitrogens with zero attached hydrogens (tertiary/aromatic N) is 1. The first-order valence-electron chi connectivity index (χ1n) is 7.07. The number of nitrogens with one attached hydrogen (secondary N) is 1. The van der Waals surface area contributed by atoms with Gasteiger partial charge in [-0.3, -0.25) is 4.90 Å². The zero-order valence-corrected chi connectivity index (χ0v) is 11.1. The molecule has 0 spiro atoms. The third kappa shape index (κ3) is 2.25. The zero-order valence-electron chi connectivity index (χ0n) is 11.1. The van der Waals surface area contributed by atoms with Gasteiger partial charge in [-0.25, -0.2) is 0 Å². The Morgan fingerprint density at radius 1 is 1.39 bits per heavy atom. The van der Waals surface area contributed by atoms with Crippen molar-refractivity contribution < 1.29 is 4.74 Å². The fourth-order valence-corrected chi connectivity index (χ4v) is 3.28. The van der Waals surface area contributed by atoms with E-state index in [4.69, 9.17) is 4.74 Å². The highest BCUT2D eigenvalue weighted by Gasteiger charge is 2.34. The van der Waals surface area contributed by atoms with Crippen LogP contribution in [-0.4, -0.2) is 37.2 Å². The van der Waals surface area contributed by atoms with E-state index in [0.717, 1.165) is 31.5 Å². The van der Waals surface area contributed by atoms with Gasteiger partial charge < -0.3 is 10.1 Å². The van der Waals surface area contributed by atoms with E-state index in [1.165, 1.54) is 24.9 Å². The molecule has 98 valence electrons. The Bertz CT molecular complexity index is 407. The number of ether oxygens (including phenoxy) is 1. The predicted octanol–water partition coefficient (Wildman–Crippen LogP) is 2.19. The standard InChI is InChI=1S/C15H22N2O/c1-2-18-14-7-3-5-12(9-14)15-11-16-10-13-6-4-8-17(13)15/h3,5,7,9,13,15-16H,2,4,6,8,10-11H2,1H3. The maximum absolute atomic E-state index is 5.61. The quantitative estimate of drug-likeness (QED) is 0.885. The molecule has 1 aromatic carbocycles. The molecule has 2 fully saturated rings. The number of rotatable bonds is 3. The van der Waals surface area contributed by atoms with E-state index in [1.807, 2.05) is 13.0 Å². The van der Waals surface area contributed by atoms with Crippen LogP contribution < -0.4 is 10.1 Å². The summed E-state index contributed by atoms with van der Waals surface area (Å²) in [5.74, 6) is 0.997. The number of fused-ring (bicyclic) bond motifs is 1. The van der Waals surface area contributed by atoms with Crippen LogP contribution in [-0.2, 0) is 0 Å². The molecule has 1 aromatic rings. The first-order chi connectivity index (χ1) is 8.88. The van der Waals surface area contributed by atoms with Gasteiger partial charge in [0.25, 0.3) is 0 Å². The third-order valence-corrected chi connectivity index (χ3v) is 4.09. The van der Waals surface area contributed by atoms with Crippen LogP contribution in [0.2, 0.25) is 0 Å². The Hall–Kier alpha value is -1.06. The van der Waals surface area contributed by atoms with Crippen LogP contribution in [0.5, 0.6) is 5.75 Å². The van der Waals surface area contributed by atoms with Crippen molar-refractivity contribution >= 4 is 0 Å². The van der Waals surface area contributed by atoms with E-state index >= 15 is 0 Å². The summed E-state index contributed by atoms with van der Waals surface area (Å²) < 4.78 is 5.61. The maximum Gasteiger partial charge on any atom is 0.119 e. The molecule has 2 atom stereocenters. The lowest BCUT2D eigenvalue weighted by atomic mass is 10.0. The molecule has 18 heavy (non-hydrogen) atoms. The van der Waals surface area contributed by atoms with Gasteiger partial charge in [-0.2, -0.15) is 0 Å². The fourth-order valence-electron chi connectivity index (χ4n) is 3.28. The van der Waals surface area contributed by atoms with Crippen molar-refractivity contribution in [1.29, 1.82) is 0 Å². The first-order valence-corrected chi connectivity index (χ1v) is 7.07. The Kier molecular flexibility index (Phi) is 3.52. The van der Waals surface area contributed by atoms with Crippen molar-refractivity contribution in [2.45, 2.75) is 31.8 Å². The van der Waals surface area contributed by atoms with Gasteiger partial charge in [0.2, 0.25) is 0 Å². The summed E-state index contributed by atoms with van der Waals surface area (Å²) in [6.07, 6.45) is 2.68. The summed E-state index contributed by atoms with van der Waals surface area (Å²) in [6.45, 7) is 6.23. The van der Waals surface area contributed by atoms with Crippen LogP contribution in [0.3, 0.4) is 0 Å². The largest absolute Gasteiger partial charge is 0.494 e. The van der Waals surface area contributed by atoms with E-state index in [2.05, 4.69) is 28.4 Å². The van der Waals surface area contributed by atoms with Crippen LogP contribution >= 0.6 is 0 Å². The van der Waals surface area contributed by atoms with Gasteiger partial charge in [-0.15, -0.1) is 0 Å². The van der Waals surface area contributed by atoms with Crippen molar-refractivity contribution in [3.63, 3.8) is 0 Å². The molecule has 3 nitrogen and oxygen atoms in total. The predicted molar refractivity (Wildman–Crippen MR) is 72.9 cm³/mol. The van der Waals surface area contributed by atoms with Crippen molar-refractivity contribution in [3.05, 3.63) is 29.8 Å². The van der Waals surface area contributed by atoms with Crippen LogP contribution in [0.15, 0.2) is 24.3 Å². The van der Waals surface area contributed by atoms with E-state index in [9.17, 15) is 0 Å². The average molecular weight is 246 g/mol. The minimum absolute atomic E-state index is 0.520. The Morgan fingerprint density at radius 3 is 3.22 bits per heavy atom. The SMILES string of the molecule is CCOc1cccc(C2CNCC3CCCN32)c1. The summed E-state index contributed by atoms with van der Waals surface area (Å²) in [6, 6.07) is 9.85. The van der Waals surface area contributed by atoms with Gasteiger partial charge >= 0.3 is 0 Å². The molecule has 1 N–H and O–H groups in total. The van der Waals surface area contributed by atoms with Gasteiger partial charge in [0.15, 0.2) is 0 Å². The second-order valence-electron chi connectivity index (χ2n) is 5.21. The molecule has 3 rings (SSSR count). The minimum Gasteiger partial charge on any atom is -0.494 e. The van der Waals surface area contributed by atoms with E-state index < -0.39 is 0 Å². The lowest BCUT2D eigenvalue weighted by Crippen LogP contribution is -2.49. The van der Waals surface area contributed by atoms with Gasteiger partial charge in [-0.1, -0.05) is 12.1 Å². The molecule has 2 aliphatic rings. The third-order valence-electron chi connectivity index (χ3n) is 4.09. The highest BCUT2D eigenvalue weighted by molar-refractivity contribution is 5.31.